The third-order valence-corrected chi connectivity index (χ3v) is 3.11. The highest BCUT2D eigenvalue weighted by molar-refractivity contribution is 5.34. The van der Waals surface area contributed by atoms with Gasteiger partial charge in [0.2, 0.25) is 0 Å². The fourth-order valence-electron chi connectivity index (χ4n) is 1.90. The molecule has 1 unspecified atom stereocenters. The van der Waals surface area contributed by atoms with Crippen molar-refractivity contribution in [2.24, 2.45) is 0 Å². The standard InChI is InChI=1S/C15H12F4/c1-10(12-4-8-14(16)9-5-12)11-2-6-13(7-3-11)15(17,18)19/h2-10H,1H3. The third-order valence-electron chi connectivity index (χ3n) is 3.11. The van der Waals surface area contributed by atoms with Gasteiger partial charge in [-0.25, -0.2) is 4.39 Å². The highest BCUT2D eigenvalue weighted by Crippen LogP contribution is 2.31. The molecule has 0 heterocycles. The van der Waals surface area contributed by atoms with E-state index in [4.69, 9.17) is 0 Å². The van der Waals surface area contributed by atoms with Gasteiger partial charge in [-0.2, -0.15) is 13.2 Å². The van der Waals surface area contributed by atoms with Crippen molar-refractivity contribution in [2.45, 2.75) is 19.0 Å². The number of benzene rings is 2. The Labute approximate surface area is 108 Å². The summed E-state index contributed by atoms with van der Waals surface area (Å²) in [4.78, 5) is 0. The molecule has 0 nitrogen and oxygen atoms in total. The molecule has 100 valence electrons. The highest BCUT2D eigenvalue weighted by Gasteiger charge is 2.30. The van der Waals surface area contributed by atoms with Crippen LogP contribution in [0.2, 0.25) is 0 Å². The molecular weight excluding hydrogens is 256 g/mol. The molecule has 0 aliphatic rings. The van der Waals surface area contributed by atoms with Crippen molar-refractivity contribution in [1.82, 2.24) is 0 Å². The molecule has 2 aromatic carbocycles. The number of rotatable bonds is 2. The van der Waals surface area contributed by atoms with Crippen LogP contribution >= 0.6 is 0 Å². The Bertz CT molecular complexity index is 538. The first-order chi connectivity index (χ1) is 8.88. The van der Waals surface area contributed by atoms with E-state index in [1.54, 1.807) is 12.1 Å². The van der Waals surface area contributed by atoms with Crippen LogP contribution in [-0.4, -0.2) is 0 Å². The van der Waals surface area contributed by atoms with Crippen LogP contribution in [-0.2, 0) is 6.18 Å². The smallest absolute Gasteiger partial charge is 0.207 e. The lowest BCUT2D eigenvalue weighted by atomic mass is 9.92. The summed E-state index contributed by atoms with van der Waals surface area (Å²) < 4.78 is 50.2. The number of halogens is 4. The van der Waals surface area contributed by atoms with Crippen LogP contribution in [0.25, 0.3) is 0 Å². The van der Waals surface area contributed by atoms with Crippen molar-refractivity contribution in [3.8, 4) is 0 Å². The van der Waals surface area contributed by atoms with E-state index in [1.807, 2.05) is 6.92 Å². The lowest BCUT2D eigenvalue weighted by molar-refractivity contribution is -0.137. The van der Waals surface area contributed by atoms with Gasteiger partial charge in [0.1, 0.15) is 5.82 Å². The molecule has 0 spiro atoms. The maximum Gasteiger partial charge on any atom is 0.416 e. The first-order valence-corrected chi connectivity index (χ1v) is 5.80. The Hall–Kier alpha value is -1.84. The second-order valence-corrected chi connectivity index (χ2v) is 4.39. The molecule has 2 rings (SSSR count). The normalized spacial score (nSPS) is 13.3. The minimum absolute atomic E-state index is 0.0807. The summed E-state index contributed by atoms with van der Waals surface area (Å²) >= 11 is 0. The monoisotopic (exact) mass is 268 g/mol. The van der Waals surface area contributed by atoms with E-state index >= 15 is 0 Å². The van der Waals surface area contributed by atoms with Gasteiger partial charge in [0.25, 0.3) is 0 Å². The van der Waals surface area contributed by atoms with Crippen LogP contribution in [0.1, 0.15) is 29.5 Å². The predicted octanol–water partition coefficient (Wildman–Crippen LogP) is 5.00. The van der Waals surface area contributed by atoms with Gasteiger partial charge in [-0.1, -0.05) is 31.2 Å². The van der Waals surface area contributed by atoms with E-state index in [0.29, 0.717) is 0 Å². The van der Waals surface area contributed by atoms with Crippen molar-refractivity contribution in [2.75, 3.05) is 0 Å². The maximum atomic E-state index is 12.8. The maximum absolute atomic E-state index is 12.8. The minimum Gasteiger partial charge on any atom is -0.207 e. The SMILES string of the molecule is CC(c1ccc(F)cc1)c1ccc(C(F)(F)F)cc1. The molecular formula is C15H12F4. The van der Waals surface area contributed by atoms with Gasteiger partial charge < -0.3 is 0 Å². The van der Waals surface area contributed by atoms with Crippen LogP contribution < -0.4 is 0 Å². The first kappa shape index (κ1) is 13.6. The Morgan fingerprint density at radius 2 is 1.21 bits per heavy atom. The molecule has 0 bridgehead atoms. The lowest BCUT2D eigenvalue weighted by Gasteiger charge is -2.14. The molecule has 4 heteroatoms. The van der Waals surface area contributed by atoms with Crippen molar-refractivity contribution < 1.29 is 17.6 Å². The second kappa shape index (κ2) is 5.03. The van der Waals surface area contributed by atoms with E-state index in [1.165, 1.54) is 24.3 Å². The molecule has 0 aliphatic carbocycles. The topological polar surface area (TPSA) is 0 Å². The average molecular weight is 268 g/mol. The van der Waals surface area contributed by atoms with Crippen LogP contribution in [0.3, 0.4) is 0 Å². The first-order valence-electron chi connectivity index (χ1n) is 5.80. The van der Waals surface area contributed by atoms with Crippen molar-refractivity contribution in [1.29, 1.82) is 0 Å². The Morgan fingerprint density at radius 3 is 1.63 bits per heavy atom. The van der Waals surface area contributed by atoms with E-state index in [-0.39, 0.29) is 11.7 Å². The quantitative estimate of drug-likeness (QED) is 0.672. The summed E-state index contributed by atoms with van der Waals surface area (Å²) in [5.41, 5.74) is 0.961. The van der Waals surface area contributed by atoms with E-state index in [0.717, 1.165) is 23.3 Å². The molecule has 0 amide bonds. The zero-order chi connectivity index (χ0) is 14.0. The molecule has 0 saturated heterocycles. The number of alkyl halides is 3. The van der Waals surface area contributed by atoms with E-state index in [9.17, 15) is 17.6 Å². The van der Waals surface area contributed by atoms with E-state index < -0.39 is 11.7 Å². The van der Waals surface area contributed by atoms with Gasteiger partial charge in [0.05, 0.1) is 5.56 Å². The summed E-state index contributed by atoms with van der Waals surface area (Å²) in [5, 5.41) is 0. The average Bonchev–Trinajstić information content (AvgIpc) is 2.38. The molecule has 0 aliphatic heterocycles. The number of hydrogen-bond acceptors (Lipinski definition) is 0. The molecule has 0 N–H and O–H groups in total. The second-order valence-electron chi connectivity index (χ2n) is 4.39. The zero-order valence-corrected chi connectivity index (χ0v) is 10.2. The van der Waals surface area contributed by atoms with Gasteiger partial charge in [-0.3, -0.25) is 0 Å². The van der Waals surface area contributed by atoms with Crippen LogP contribution in [0.15, 0.2) is 48.5 Å². The Kier molecular flexibility index (Phi) is 3.60. The minimum atomic E-state index is -4.32. The lowest BCUT2D eigenvalue weighted by Crippen LogP contribution is -2.05. The number of hydrogen-bond donors (Lipinski definition) is 0. The molecule has 0 fully saturated rings. The molecule has 2 aromatic rings. The van der Waals surface area contributed by atoms with E-state index in [2.05, 4.69) is 0 Å². The fraction of sp³-hybridized carbons (Fsp3) is 0.200. The Morgan fingerprint density at radius 1 is 0.789 bits per heavy atom. The van der Waals surface area contributed by atoms with Gasteiger partial charge in [0.15, 0.2) is 0 Å². The largest absolute Gasteiger partial charge is 0.416 e. The van der Waals surface area contributed by atoms with Crippen LogP contribution in [0.5, 0.6) is 0 Å². The van der Waals surface area contributed by atoms with Gasteiger partial charge in [-0.15, -0.1) is 0 Å². The predicted molar refractivity (Wildman–Crippen MR) is 65.4 cm³/mol. The molecule has 0 aromatic heterocycles. The summed E-state index contributed by atoms with van der Waals surface area (Å²) in [5.74, 6) is -0.411. The van der Waals surface area contributed by atoms with Gasteiger partial charge in [0, 0.05) is 5.92 Å². The Balaban J connectivity index is 2.25. The summed E-state index contributed by atoms with van der Waals surface area (Å²) in [6.45, 7) is 1.87. The van der Waals surface area contributed by atoms with Crippen LogP contribution in [0, 0.1) is 5.82 Å². The zero-order valence-electron chi connectivity index (χ0n) is 10.2. The summed E-state index contributed by atoms with van der Waals surface area (Å²) in [6, 6.07) is 11.0. The molecule has 1 atom stereocenters. The summed E-state index contributed by atoms with van der Waals surface area (Å²) in [6.07, 6.45) is -4.32. The summed E-state index contributed by atoms with van der Waals surface area (Å²) in [7, 11) is 0. The van der Waals surface area contributed by atoms with Crippen molar-refractivity contribution in [3.63, 3.8) is 0 Å². The molecule has 0 saturated carbocycles. The fourth-order valence-corrected chi connectivity index (χ4v) is 1.90. The van der Waals surface area contributed by atoms with Gasteiger partial charge >= 0.3 is 6.18 Å². The van der Waals surface area contributed by atoms with Crippen LogP contribution in [0.4, 0.5) is 17.6 Å². The molecule has 0 radical (unpaired) electrons. The van der Waals surface area contributed by atoms with Gasteiger partial charge in [-0.05, 0) is 35.4 Å². The van der Waals surface area contributed by atoms with Crippen molar-refractivity contribution in [3.05, 3.63) is 71.0 Å². The van der Waals surface area contributed by atoms with Crippen molar-refractivity contribution >= 4 is 0 Å². The molecule has 19 heavy (non-hydrogen) atoms. The highest BCUT2D eigenvalue weighted by atomic mass is 19.4. The third kappa shape index (κ3) is 3.13.